The molecule has 3 rings (SSSR count). The number of fused-ring (bicyclic) bond motifs is 1. The minimum atomic E-state index is -0.294. The van der Waals surface area contributed by atoms with Gasteiger partial charge >= 0.3 is 0 Å². The molecular weight excluding hydrogens is 243 g/mol. The number of hydrogen-bond acceptors (Lipinski definition) is 3. The van der Waals surface area contributed by atoms with Gasteiger partial charge in [-0.1, -0.05) is 11.6 Å². The lowest BCUT2D eigenvalue weighted by molar-refractivity contribution is 0.627. The lowest BCUT2D eigenvalue weighted by Crippen LogP contribution is -1.97. The van der Waals surface area contributed by atoms with E-state index in [1.165, 1.54) is 18.5 Å². The van der Waals surface area contributed by atoms with Crippen LogP contribution in [0.15, 0.2) is 36.8 Å². The van der Waals surface area contributed by atoms with Gasteiger partial charge in [0, 0.05) is 0 Å². The molecule has 0 aliphatic heterocycles. The summed E-state index contributed by atoms with van der Waals surface area (Å²) in [6.07, 6.45) is 2.95. The van der Waals surface area contributed by atoms with Crippen molar-refractivity contribution in [2.45, 2.75) is 0 Å². The molecule has 4 nitrogen and oxygen atoms in total. The Hall–Kier alpha value is -2.01. The molecule has 0 atom stereocenters. The van der Waals surface area contributed by atoms with Crippen molar-refractivity contribution in [2.24, 2.45) is 0 Å². The number of halogens is 2. The molecule has 84 valence electrons. The SMILES string of the molecule is Fc1ccc(-n2ncc3c(Cl)ncnc32)cc1. The van der Waals surface area contributed by atoms with E-state index in [1.54, 1.807) is 23.0 Å². The monoisotopic (exact) mass is 248 g/mol. The predicted octanol–water partition coefficient (Wildman–Crippen LogP) is 2.61. The van der Waals surface area contributed by atoms with E-state index in [1.807, 2.05) is 0 Å². The van der Waals surface area contributed by atoms with Crippen molar-refractivity contribution < 1.29 is 4.39 Å². The molecule has 0 saturated heterocycles. The lowest BCUT2D eigenvalue weighted by Gasteiger charge is -2.02. The Balaban J connectivity index is 2.24. The zero-order valence-corrected chi connectivity index (χ0v) is 9.26. The average molecular weight is 249 g/mol. The third kappa shape index (κ3) is 1.64. The summed E-state index contributed by atoms with van der Waals surface area (Å²) in [5.74, 6) is -0.294. The van der Waals surface area contributed by atoms with Crippen molar-refractivity contribution in [3.05, 3.63) is 47.8 Å². The second kappa shape index (κ2) is 3.78. The zero-order chi connectivity index (χ0) is 11.8. The minimum absolute atomic E-state index is 0.294. The first-order valence-electron chi connectivity index (χ1n) is 4.86. The quantitative estimate of drug-likeness (QED) is 0.622. The zero-order valence-electron chi connectivity index (χ0n) is 8.51. The van der Waals surface area contributed by atoms with Crippen molar-refractivity contribution in [1.29, 1.82) is 0 Å². The van der Waals surface area contributed by atoms with E-state index in [0.29, 0.717) is 16.2 Å². The van der Waals surface area contributed by atoms with Crippen LogP contribution < -0.4 is 0 Å². The summed E-state index contributed by atoms with van der Waals surface area (Å²) in [4.78, 5) is 7.98. The standard InChI is InChI=1S/C11H6ClFN4/c12-10-9-5-16-17(11(9)15-6-14-10)8-3-1-7(13)2-4-8/h1-6H. The fraction of sp³-hybridized carbons (Fsp3) is 0. The molecule has 0 aliphatic rings. The molecule has 0 aliphatic carbocycles. The van der Waals surface area contributed by atoms with Gasteiger partial charge in [0.2, 0.25) is 0 Å². The predicted molar refractivity (Wildman–Crippen MR) is 61.6 cm³/mol. The molecule has 6 heteroatoms. The fourth-order valence-electron chi connectivity index (χ4n) is 1.59. The number of rotatable bonds is 1. The first-order valence-corrected chi connectivity index (χ1v) is 5.23. The van der Waals surface area contributed by atoms with Crippen molar-refractivity contribution in [1.82, 2.24) is 19.7 Å². The third-order valence-electron chi connectivity index (χ3n) is 2.39. The molecule has 2 aromatic heterocycles. The van der Waals surface area contributed by atoms with Gasteiger partial charge in [0.1, 0.15) is 17.3 Å². The van der Waals surface area contributed by atoms with Crippen LogP contribution in [-0.4, -0.2) is 19.7 Å². The van der Waals surface area contributed by atoms with Gasteiger partial charge in [0.25, 0.3) is 0 Å². The van der Waals surface area contributed by atoms with Gasteiger partial charge in [-0.05, 0) is 24.3 Å². The molecule has 0 bridgehead atoms. The van der Waals surface area contributed by atoms with Crippen LogP contribution in [0.2, 0.25) is 5.15 Å². The van der Waals surface area contributed by atoms with Crippen LogP contribution in [0.25, 0.3) is 16.7 Å². The molecule has 0 fully saturated rings. The summed E-state index contributed by atoms with van der Waals surface area (Å²) in [5, 5.41) is 5.18. The van der Waals surface area contributed by atoms with Crippen molar-refractivity contribution in [2.75, 3.05) is 0 Å². The summed E-state index contributed by atoms with van der Waals surface area (Å²) >= 11 is 5.92. The Morgan fingerprint density at radius 2 is 1.88 bits per heavy atom. The van der Waals surface area contributed by atoms with Crippen LogP contribution in [0.1, 0.15) is 0 Å². The van der Waals surface area contributed by atoms with E-state index in [0.717, 1.165) is 5.69 Å². The first kappa shape index (κ1) is 10.2. The highest BCUT2D eigenvalue weighted by molar-refractivity contribution is 6.33. The van der Waals surface area contributed by atoms with Crippen LogP contribution in [0, 0.1) is 5.82 Å². The van der Waals surface area contributed by atoms with Crippen LogP contribution in [0.5, 0.6) is 0 Å². The second-order valence-electron chi connectivity index (χ2n) is 3.43. The number of hydrogen-bond donors (Lipinski definition) is 0. The fourth-order valence-corrected chi connectivity index (χ4v) is 1.76. The van der Waals surface area contributed by atoms with Crippen molar-refractivity contribution in [3.63, 3.8) is 0 Å². The van der Waals surface area contributed by atoms with Crippen LogP contribution in [0.4, 0.5) is 4.39 Å². The molecule has 0 spiro atoms. The topological polar surface area (TPSA) is 43.6 Å². The molecule has 0 radical (unpaired) electrons. The Morgan fingerprint density at radius 3 is 2.65 bits per heavy atom. The van der Waals surface area contributed by atoms with E-state index in [2.05, 4.69) is 15.1 Å². The number of nitrogens with zero attached hydrogens (tertiary/aromatic N) is 4. The van der Waals surface area contributed by atoms with E-state index >= 15 is 0 Å². The summed E-state index contributed by atoms with van der Waals surface area (Å²) in [5.41, 5.74) is 1.31. The van der Waals surface area contributed by atoms with Crippen LogP contribution in [-0.2, 0) is 0 Å². The lowest BCUT2D eigenvalue weighted by atomic mass is 10.3. The third-order valence-corrected chi connectivity index (χ3v) is 2.69. The van der Waals surface area contributed by atoms with E-state index < -0.39 is 0 Å². The maximum absolute atomic E-state index is 12.8. The van der Waals surface area contributed by atoms with E-state index in [4.69, 9.17) is 11.6 Å². The van der Waals surface area contributed by atoms with Gasteiger partial charge in [-0.15, -0.1) is 0 Å². The molecule has 0 saturated carbocycles. The Kier molecular flexibility index (Phi) is 2.26. The molecular formula is C11H6ClFN4. The molecule has 0 unspecified atom stereocenters. The molecule has 1 aromatic carbocycles. The van der Waals surface area contributed by atoms with Crippen molar-refractivity contribution in [3.8, 4) is 5.69 Å². The van der Waals surface area contributed by atoms with E-state index in [-0.39, 0.29) is 5.82 Å². The summed E-state index contributed by atoms with van der Waals surface area (Å²) in [6.45, 7) is 0. The van der Waals surface area contributed by atoms with Gasteiger partial charge in [-0.25, -0.2) is 19.0 Å². The van der Waals surface area contributed by atoms with Crippen molar-refractivity contribution >= 4 is 22.6 Å². The number of benzene rings is 1. The second-order valence-corrected chi connectivity index (χ2v) is 3.79. The summed E-state index contributed by atoms with van der Waals surface area (Å²) < 4.78 is 14.4. The summed E-state index contributed by atoms with van der Waals surface area (Å²) in [6, 6.07) is 5.98. The maximum Gasteiger partial charge on any atom is 0.167 e. The van der Waals surface area contributed by atoms with Crippen LogP contribution in [0.3, 0.4) is 0 Å². The van der Waals surface area contributed by atoms with Gasteiger partial charge in [0.05, 0.1) is 17.3 Å². The molecule has 0 amide bonds. The van der Waals surface area contributed by atoms with Gasteiger partial charge in [0.15, 0.2) is 5.65 Å². The highest BCUT2D eigenvalue weighted by Crippen LogP contribution is 2.21. The van der Waals surface area contributed by atoms with E-state index in [9.17, 15) is 4.39 Å². The molecule has 0 N–H and O–H groups in total. The highest BCUT2D eigenvalue weighted by Gasteiger charge is 2.09. The first-order chi connectivity index (χ1) is 8.25. The Morgan fingerprint density at radius 1 is 1.12 bits per heavy atom. The highest BCUT2D eigenvalue weighted by atomic mass is 35.5. The maximum atomic E-state index is 12.8. The molecule has 17 heavy (non-hydrogen) atoms. The minimum Gasteiger partial charge on any atom is -0.224 e. The molecule has 3 aromatic rings. The number of aromatic nitrogens is 4. The van der Waals surface area contributed by atoms with Gasteiger partial charge in [-0.3, -0.25) is 0 Å². The Bertz CT molecular complexity index is 678. The Labute approximate surface area is 101 Å². The van der Waals surface area contributed by atoms with Crippen LogP contribution >= 0.6 is 11.6 Å². The smallest absolute Gasteiger partial charge is 0.167 e. The summed E-state index contributed by atoms with van der Waals surface area (Å²) in [7, 11) is 0. The molecule has 2 heterocycles. The normalized spacial score (nSPS) is 10.9. The van der Waals surface area contributed by atoms with Gasteiger partial charge in [-0.2, -0.15) is 5.10 Å². The average Bonchev–Trinajstić information content (AvgIpc) is 2.75. The van der Waals surface area contributed by atoms with Gasteiger partial charge < -0.3 is 0 Å². The largest absolute Gasteiger partial charge is 0.224 e.